The van der Waals surface area contributed by atoms with E-state index >= 15 is 0 Å². The summed E-state index contributed by atoms with van der Waals surface area (Å²) in [5.41, 5.74) is 4.44. The van der Waals surface area contributed by atoms with E-state index in [1.807, 2.05) is 19.1 Å². The fraction of sp³-hybridized carbons (Fsp3) is 0.176. The molecule has 6 heteroatoms. The van der Waals surface area contributed by atoms with Gasteiger partial charge in [-0.2, -0.15) is 5.10 Å². The zero-order valence-electron chi connectivity index (χ0n) is 12.6. The van der Waals surface area contributed by atoms with Crippen LogP contribution in [0.3, 0.4) is 0 Å². The normalized spacial score (nSPS) is 10.9. The van der Waals surface area contributed by atoms with Crippen molar-refractivity contribution >= 4 is 28.1 Å². The van der Waals surface area contributed by atoms with E-state index < -0.39 is 0 Å². The van der Waals surface area contributed by atoms with E-state index in [0.29, 0.717) is 24.3 Å². The minimum atomic E-state index is -0.321. The number of nitrogens with one attached hydrogen (secondary N) is 1. The van der Waals surface area contributed by atoms with Gasteiger partial charge in [-0.15, -0.1) is 0 Å². The van der Waals surface area contributed by atoms with Gasteiger partial charge in [0.1, 0.15) is 5.75 Å². The molecule has 120 valence electrons. The summed E-state index contributed by atoms with van der Waals surface area (Å²) < 4.78 is 6.12. The summed E-state index contributed by atoms with van der Waals surface area (Å²) in [7, 11) is 0. The van der Waals surface area contributed by atoms with Crippen LogP contribution in [-0.2, 0) is 11.3 Å². The molecule has 2 aromatic carbocycles. The number of benzene rings is 2. The number of carbonyl (C=O) groups excluding carboxylic acids is 1. The average Bonchev–Trinajstić information content (AvgIpc) is 2.56. The molecule has 2 rings (SSSR count). The van der Waals surface area contributed by atoms with Gasteiger partial charge < -0.3 is 9.84 Å². The Morgan fingerprint density at radius 2 is 2.04 bits per heavy atom. The smallest absolute Gasteiger partial charge is 0.271 e. The molecule has 0 atom stereocenters. The first-order valence-electron chi connectivity index (χ1n) is 7.08. The molecular formula is C17H17BrN2O3. The monoisotopic (exact) mass is 376 g/mol. The summed E-state index contributed by atoms with van der Waals surface area (Å²) in [6.07, 6.45) is 1.39. The van der Waals surface area contributed by atoms with Gasteiger partial charge in [-0.25, -0.2) is 5.43 Å². The number of hydrogen-bond acceptors (Lipinski definition) is 4. The van der Waals surface area contributed by atoms with Crippen LogP contribution in [0.2, 0.25) is 0 Å². The molecule has 2 N–H and O–H groups in total. The fourth-order valence-corrected chi connectivity index (χ4v) is 2.20. The Morgan fingerprint density at radius 3 is 2.74 bits per heavy atom. The molecule has 0 aromatic heterocycles. The summed E-state index contributed by atoms with van der Waals surface area (Å²) in [5, 5.41) is 13.5. The first-order chi connectivity index (χ1) is 11.1. The first-order valence-corrected chi connectivity index (χ1v) is 7.88. The van der Waals surface area contributed by atoms with Crippen LogP contribution in [0.4, 0.5) is 0 Å². The Morgan fingerprint density at radius 1 is 1.30 bits per heavy atom. The van der Waals surface area contributed by atoms with Crippen LogP contribution in [0.25, 0.3) is 0 Å². The quantitative estimate of drug-likeness (QED) is 0.598. The Bertz CT molecular complexity index is 699. The molecule has 0 heterocycles. The number of phenols is 1. The van der Waals surface area contributed by atoms with E-state index in [1.165, 1.54) is 6.21 Å². The van der Waals surface area contributed by atoms with Crippen LogP contribution in [-0.4, -0.2) is 23.8 Å². The van der Waals surface area contributed by atoms with Crippen molar-refractivity contribution < 1.29 is 14.6 Å². The molecule has 2 aromatic rings. The maximum absolute atomic E-state index is 12.0. The SMILES string of the molecule is CCOCc1ccc(C(=O)NN=Cc2cc(Br)ccc2O)cc1. The summed E-state index contributed by atoms with van der Waals surface area (Å²) in [4.78, 5) is 12.0. The lowest BCUT2D eigenvalue weighted by molar-refractivity contribution is 0.0955. The van der Waals surface area contributed by atoms with E-state index in [4.69, 9.17) is 4.74 Å². The second-order valence-corrected chi connectivity index (χ2v) is 5.65. The van der Waals surface area contributed by atoms with Crippen molar-refractivity contribution in [2.45, 2.75) is 13.5 Å². The Labute approximate surface area is 143 Å². The van der Waals surface area contributed by atoms with Gasteiger partial charge in [-0.1, -0.05) is 28.1 Å². The standard InChI is InChI=1S/C17H17BrN2O3/c1-2-23-11-12-3-5-13(6-4-12)17(22)20-19-10-14-9-15(18)7-8-16(14)21/h3-10,21H,2,11H2,1H3,(H,20,22). The number of amides is 1. The molecule has 5 nitrogen and oxygen atoms in total. The number of halogens is 1. The van der Waals surface area contributed by atoms with E-state index in [9.17, 15) is 9.90 Å². The third-order valence-electron chi connectivity index (χ3n) is 3.05. The lowest BCUT2D eigenvalue weighted by atomic mass is 10.1. The highest BCUT2D eigenvalue weighted by molar-refractivity contribution is 9.10. The number of hydrazone groups is 1. The maximum Gasteiger partial charge on any atom is 0.271 e. The van der Waals surface area contributed by atoms with E-state index in [0.717, 1.165) is 10.0 Å². The Hall–Kier alpha value is -2.18. The van der Waals surface area contributed by atoms with Gasteiger partial charge in [0.15, 0.2) is 0 Å². The highest BCUT2D eigenvalue weighted by Gasteiger charge is 2.04. The molecule has 0 bridgehead atoms. The highest BCUT2D eigenvalue weighted by Crippen LogP contribution is 2.19. The number of phenolic OH excluding ortho intramolecular Hbond substituents is 1. The second kappa shape index (κ2) is 8.45. The van der Waals surface area contributed by atoms with Crippen molar-refractivity contribution in [2.75, 3.05) is 6.61 Å². The van der Waals surface area contributed by atoms with Gasteiger partial charge in [0.2, 0.25) is 0 Å². The van der Waals surface area contributed by atoms with Gasteiger partial charge in [0.25, 0.3) is 5.91 Å². The molecule has 0 aliphatic carbocycles. The van der Waals surface area contributed by atoms with Gasteiger partial charge in [-0.3, -0.25) is 4.79 Å². The van der Waals surface area contributed by atoms with Gasteiger partial charge in [0, 0.05) is 22.2 Å². The Kier molecular flexibility index (Phi) is 6.31. The minimum absolute atomic E-state index is 0.0893. The van der Waals surface area contributed by atoms with Crippen LogP contribution in [0.5, 0.6) is 5.75 Å². The topological polar surface area (TPSA) is 70.9 Å². The zero-order valence-corrected chi connectivity index (χ0v) is 14.2. The molecule has 0 unspecified atom stereocenters. The maximum atomic E-state index is 12.0. The predicted molar refractivity (Wildman–Crippen MR) is 92.6 cm³/mol. The molecule has 0 fully saturated rings. The lowest BCUT2D eigenvalue weighted by Crippen LogP contribution is -2.17. The summed E-state index contributed by atoms with van der Waals surface area (Å²) in [6, 6.07) is 12.1. The number of ether oxygens (including phenoxy) is 1. The third-order valence-corrected chi connectivity index (χ3v) is 3.54. The lowest BCUT2D eigenvalue weighted by Gasteiger charge is -2.04. The van der Waals surface area contributed by atoms with E-state index in [1.54, 1.807) is 30.3 Å². The molecule has 0 aliphatic rings. The van der Waals surface area contributed by atoms with Crippen LogP contribution in [0.1, 0.15) is 28.4 Å². The number of hydrogen-bond donors (Lipinski definition) is 2. The third kappa shape index (κ3) is 5.19. The Balaban J connectivity index is 1.96. The predicted octanol–water partition coefficient (Wildman–Crippen LogP) is 3.46. The van der Waals surface area contributed by atoms with Gasteiger partial charge >= 0.3 is 0 Å². The molecule has 23 heavy (non-hydrogen) atoms. The summed E-state index contributed by atoms with van der Waals surface area (Å²) >= 11 is 3.31. The molecule has 0 saturated carbocycles. The molecule has 0 spiro atoms. The molecule has 0 radical (unpaired) electrons. The second-order valence-electron chi connectivity index (χ2n) is 4.74. The highest BCUT2D eigenvalue weighted by atomic mass is 79.9. The zero-order chi connectivity index (χ0) is 16.7. The van der Waals surface area contributed by atoms with Crippen molar-refractivity contribution in [3.05, 3.63) is 63.6 Å². The van der Waals surface area contributed by atoms with Crippen molar-refractivity contribution in [3.63, 3.8) is 0 Å². The van der Waals surface area contributed by atoms with E-state index in [-0.39, 0.29) is 11.7 Å². The fourth-order valence-electron chi connectivity index (χ4n) is 1.83. The number of aromatic hydroxyl groups is 1. The summed E-state index contributed by atoms with van der Waals surface area (Å²) in [5.74, 6) is -0.231. The molecule has 0 saturated heterocycles. The number of rotatable bonds is 6. The van der Waals surface area contributed by atoms with Crippen molar-refractivity contribution in [2.24, 2.45) is 5.10 Å². The van der Waals surface area contributed by atoms with Crippen LogP contribution < -0.4 is 5.43 Å². The van der Waals surface area contributed by atoms with Crippen molar-refractivity contribution in [1.29, 1.82) is 0 Å². The largest absolute Gasteiger partial charge is 0.507 e. The van der Waals surface area contributed by atoms with Crippen LogP contribution >= 0.6 is 15.9 Å². The summed E-state index contributed by atoms with van der Waals surface area (Å²) in [6.45, 7) is 3.11. The van der Waals surface area contributed by atoms with Gasteiger partial charge in [-0.05, 0) is 42.8 Å². The minimum Gasteiger partial charge on any atom is -0.507 e. The van der Waals surface area contributed by atoms with Crippen LogP contribution in [0.15, 0.2) is 52.0 Å². The molecule has 0 aliphatic heterocycles. The first kappa shape index (κ1) is 17.2. The van der Waals surface area contributed by atoms with Crippen LogP contribution in [0, 0.1) is 0 Å². The van der Waals surface area contributed by atoms with Crippen molar-refractivity contribution in [1.82, 2.24) is 5.43 Å². The molecule has 1 amide bonds. The molecular weight excluding hydrogens is 360 g/mol. The van der Waals surface area contributed by atoms with E-state index in [2.05, 4.69) is 26.5 Å². The average molecular weight is 377 g/mol. The number of nitrogens with zero attached hydrogens (tertiary/aromatic N) is 1. The number of carbonyl (C=O) groups is 1. The van der Waals surface area contributed by atoms with Gasteiger partial charge in [0.05, 0.1) is 12.8 Å². The van der Waals surface area contributed by atoms with Crippen molar-refractivity contribution in [3.8, 4) is 5.75 Å².